The van der Waals surface area contributed by atoms with Gasteiger partial charge in [-0.1, -0.05) is 18.2 Å². The van der Waals surface area contributed by atoms with Crippen molar-refractivity contribution in [1.82, 2.24) is 10.3 Å². The fourth-order valence-corrected chi connectivity index (χ4v) is 1.83. The molecule has 1 aromatic heterocycles. The number of nitrogens with zero attached hydrogens (tertiary/aromatic N) is 1. The molecule has 0 saturated carbocycles. The number of pyridine rings is 1. The quantitative estimate of drug-likeness (QED) is 0.770. The van der Waals surface area contributed by atoms with Crippen molar-refractivity contribution in [3.8, 4) is 0 Å². The number of anilines is 1. The molecule has 22 heavy (non-hydrogen) atoms. The third-order valence-electron chi connectivity index (χ3n) is 3.03. The highest BCUT2D eigenvalue weighted by Crippen LogP contribution is 2.11. The molecular weight excluding hydrogens is 285 g/mol. The Balaban J connectivity index is 1.89. The molecule has 0 fully saturated rings. The van der Waals surface area contributed by atoms with E-state index in [2.05, 4.69) is 15.6 Å². The van der Waals surface area contributed by atoms with Crippen LogP contribution in [0.3, 0.4) is 0 Å². The van der Waals surface area contributed by atoms with Crippen molar-refractivity contribution in [2.75, 3.05) is 25.6 Å². The first-order valence-corrected chi connectivity index (χ1v) is 6.91. The van der Waals surface area contributed by atoms with E-state index in [0.29, 0.717) is 31.0 Å². The standard InChI is InChI=1S/C16H18FN3O2/c1-22-9-8-18-16(21)15-7-6-13(11-20-15)19-10-12-4-2-3-5-14(12)17/h2-7,11,19H,8-10H2,1H3,(H,18,21). The summed E-state index contributed by atoms with van der Waals surface area (Å²) in [5.74, 6) is -0.505. The van der Waals surface area contributed by atoms with Crippen LogP contribution in [0.4, 0.5) is 10.1 Å². The number of amides is 1. The van der Waals surface area contributed by atoms with Gasteiger partial charge in [-0.25, -0.2) is 9.37 Å². The maximum absolute atomic E-state index is 13.5. The molecule has 0 bridgehead atoms. The molecule has 2 rings (SSSR count). The van der Waals surface area contributed by atoms with Gasteiger partial charge in [-0.3, -0.25) is 4.79 Å². The number of ether oxygens (including phenoxy) is 1. The molecule has 0 spiro atoms. The Morgan fingerprint density at radius 1 is 1.27 bits per heavy atom. The summed E-state index contributed by atoms with van der Waals surface area (Å²) in [6.45, 7) is 1.24. The smallest absolute Gasteiger partial charge is 0.269 e. The average Bonchev–Trinajstić information content (AvgIpc) is 2.55. The van der Waals surface area contributed by atoms with Crippen molar-refractivity contribution >= 4 is 11.6 Å². The van der Waals surface area contributed by atoms with Crippen LogP contribution in [0.1, 0.15) is 16.1 Å². The number of carbonyl (C=O) groups excluding carboxylic acids is 1. The second-order valence-electron chi connectivity index (χ2n) is 4.63. The van der Waals surface area contributed by atoms with Crippen LogP contribution in [0.2, 0.25) is 0 Å². The molecule has 0 radical (unpaired) electrons. The molecule has 0 aliphatic carbocycles. The molecule has 1 aromatic carbocycles. The predicted octanol–water partition coefficient (Wildman–Crippen LogP) is 2.21. The maximum atomic E-state index is 13.5. The van der Waals surface area contributed by atoms with Crippen LogP contribution in [0.15, 0.2) is 42.6 Å². The van der Waals surface area contributed by atoms with E-state index in [9.17, 15) is 9.18 Å². The molecule has 6 heteroatoms. The maximum Gasteiger partial charge on any atom is 0.269 e. The van der Waals surface area contributed by atoms with Crippen molar-refractivity contribution in [3.05, 3.63) is 59.7 Å². The lowest BCUT2D eigenvalue weighted by Gasteiger charge is -2.08. The molecule has 116 valence electrons. The summed E-state index contributed by atoms with van der Waals surface area (Å²) in [6, 6.07) is 9.92. The van der Waals surface area contributed by atoms with Gasteiger partial charge in [0, 0.05) is 25.8 Å². The summed E-state index contributed by atoms with van der Waals surface area (Å²) in [5, 5.41) is 5.75. The van der Waals surface area contributed by atoms with E-state index in [1.807, 2.05) is 0 Å². The van der Waals surface area contributed by atoms with E-state index in [1.165, 1.54) is 6.07 Å². The highest BCUT2D eigenvalue weighted by molar-refractivity contribution is 5.92. The van der Waals surface area contributed by atoms with Gasteiger partial charge in [0.2, 0.25) is 0 Å². The summed E-state index contributed by atoms with van der Waals surface area (Å²) in [4.78, 5) is 15.8. The fraction of sp³-hybridized carbons (Fsp3) is 0.250. The Labute approximate surface area is 128 Å². The minimum absolute atomic E-state index is 0.252. The summed E-state index contributed by atoms with van der Waals surface area (Å²) in [5.41, 5.74) is 1.62. The first-order valence-electron chi connectivity index (χ1n) is 6.91. The van der Waals surface area contributed by atoms with Crippen LogP contribution in [0, 0.1) is 5.82 Å². The number of hydrogen-bond donors (Lipinski definition) is 2. The third kappa shape index (κ3) is 4.53. The Morgan fingerprint density at radius 2 is 2.09 bits per heavy atom. The van der Waals surface area contributed by atoms with Crippen molar-refractivity contribution in [2.24, 2.45) is 0 Å². The van der Waals surface area contributed by atoms with Gasteiger partial charge in [-0.05, 0) is 18.2 Å². The first kappa shape index (κ1) is 15.9. The van der Waals surface area contributed by atoms with Crippen LogP contribution in [0.25, 0.3) is 0 Å². The highest BCUT2D eigenvalue weighted by Gasteiger charge is 2.06. The number of halogens is 1. The van der Waals surface area contributed by atoms with Gasteiger partial charge in [0.1, 0.15) is 11.5 Å². The Bertz CT molecular complexity index is 617. The topological polar surface area (TPSA) is 63.2 Å². The minimum Gasteiger partial charge on any atom is -0.383 e. The fourth-order valence-electron chi connectivity index (χ4n) is 1.83. The van der Waals surface area contributed by atoms with E-state index < -0.39 is 0 Å². The van der Waals surface area contributed by atoms with E-state index in [0.717, 1.165) is 5.69 Å². The van der Waals surface area contributed by atoms with Crippen LogP contribution in [-0.4, -0.2) is 31.2 Å². The van der Waals surface area contributed by atoms with Crippen LogP contribution < -0.4 is 10.6 Å². The molecule has 0 aliphatic heterocycles. The molecule has 2 aromatic rings. The van der Waals surface area contributed by atoms with E-state index in [4.69, 9.17) is 4.74 Å². The van der Waals surface area contributed by atoms with Gasteiger partial charge >= 0.3 is 0 Å². The molecule has 1 amide bonds. The van der Waals surface area contributed by atoms with Gasteiger partial charge in [-0.15, -0.1) is 0 Å². The summed E-state index contributed by atoms with van der Waals surface area (Å²) in [7, 11) is 1.57. The molecule has 1 heterocycles. The van der Waals surface area contributed by atoms with Crippen molar-refractivity contribution < 1.29 is 13.9 Å². The van der Waals surface area contributed by atoms with Gasteiger partial charge in [0.25, 0.3) is 5.91 Å². The van der Waals surface area contributed by atoms with Crippen LogP contribution in [-0.2, 0) is 11.3 Å². The molecule has 2 N–H and O–H groups in total. The zero-order valence-electron chi connectivity index (χ0n) is 12.3. The van der Waals surface area contributed by atoms with Gasteiger partial charge in [-0.2, -0.15) is 0 Å². The monoisotopic (exact) mass is 303 g/mol. The summed E-state index contributed by atoms with van der Waals surface area (Å²) in [6.07, 6.45) is 1.55. The Hall–Kier alpha value is -2.47. The SMILES string of the molecule is COCCNC(=O)c1ccc(NCc2ccccc2F)cn1. The van der Waals surface area contributed by atoms with Crippen LogP contribution in [0.5, 0.6) is 0 Å². The van der Waals surface area contributed by atoms with Crippen molar-refractivity contribution in [2.45, 2.75) is 6.54 Å². The van der Waals surface area contributed by atoms with Crippen molar-refractivity contribution in [3.63, 3.8) is 0 Å². The number of benzene rings is 1. The molecular formula is C16H18FN3O2. The van der Waals surface area contributed by atoms with Gasteiger partial charge in [0.15, 0.2) is 0 Å². The normalized spacial score (nSPS) is 10.3. The zero-order chi connectivity index (χ0) is 15.8. The van der Waals surface area contributed by atoms with Gasteiger partial charge < -0.3 is 15.4 Å². The average molecular weight is 303 g/mol. The number of carbonyl (C=O) groups is 1. The van der Waals surface area contributed by atoms with E-state index in [-0.39, 0.29) is 11.7 Å². The molecule has 0 atom stereocenters. The van der Waals surface area contributed by atoms with Crippen LogP contribution >= 0.6 is 0 Å². The van der Waals surface area contributed by atoms with Gasteiger partial charge in [0.05, 0.1) is 18.5 Å². The number of nitrogens with one attached hydrogen (secondary N) is 2. The van der Waals surface area contributed by atoms with Crippen molar-refractivity contribution in [1.29, 1.82) is 0 Å². The number of aromatic nitrogens is 1. The predicted molar refractivity (Wildman–Crippen MR) is 82.2 cm³/mol. The zero-order valence-corrected chi connectivity index (χ0v) is 12.3. The van der Waals surface area contributed by atoms with E-state index >= 15 is 0 Å². The lowest BCUT2D eigenvalue weighted by Crippen LogP contribution is -2.27. The highest BCUT2D eigenvalue weighted by atomic mass is 19.1. The van der Waals surface area contributed by atoms with E-state index in [1.54, 1.807) is 43.6 Å². The second-order valence-corrected chi connectivity index (χ2v) is 4.63. The number of rotatable bonds is 7. The number of methoxy groups -OCH3 is 1. The molecule has 0 saturated heterocycles. The molecule has 0 unspecified atom stereocenters. The lowest BCUT2D eigenvalue weighted by atomic mass is 10.2. The summed E-state index contributed by atoms with van der Waals surface area (Å²) >= 11 is 0. The minimum atomic E-state index is -0.253. The molecule has 5 nitrogen and oxygen atoms in total. The Morgan fingerprint density at radius 3 is 2.77 bits per heavy atom. The molecule has 0 aliphatic rings. The Kier molecular flexibility index (Phi) is 5.85. The lowest BCUT2D eigenvalue weighted by molar-refractivity contribution is 0.0932. The second kappa shape index (κ2) is 8.09. The first-order chi connectivity index (χ1) is 10.7. The number of hydrogen-bond acceptors (Lipinski definition) is 4. The largest absolute Gasteiger partial charge is 0.383 e. The third-order valence-corrected chi connectivity index (χ3v) is 3.03. The summed E-state index contributed by atoms with van der Waals surface area (Å²) < 4.78 is 18.3.